The average Bonchev–Trinajstić information content (AvgIpc) is 3.55. The van der Waals surface area contributed by atoms with Gasteiger partial charge in [0.2, 0.25) is 5.91 Å². The van der Waals surface area contributed by atoms with Gasteiger partial charge in [0.1, 0.15) is 16.4 Å². The number of thioether (sulfide) groups is 1. The topological polar surface area (TPSA) is 86.1 Å². The highest BCUT2D eigenvalue weighted by Gasteiger charge is 2.23. The normalized spacial score (nSPS) is 10.8. The molecule has 0 saturated carbocycles. The third-order valence-corrected chi connectivity index (χ3v) is 7.57. The van der Waals surface area contributed by atoms with Crippen molar-refractivity contribution in [2.24, 2.45) is 7.05 Å². The molecule has 0 spiro atoms. The lowest BCUT2D eigenvalue weighted by Gasteiger charge is -2.09. The molecule has 1 N–H and O–H groups in total. The van der Waals surface area contributed by atoms with Gasteiger partial charge in [0, 0.05) is 29.3 Å². The Morgan fingerprint density at radius 1 is 1.12 bits per heavy atom. The Labute approximate surface area is 203 Å². The molecule has 1 aromatic carbocycles. The number of carbonyl (C=O) groups excluding carboxylic acids is 2. The van der Waals surface area contributed by atoms with E-state index in [0.29, 0.717) is 22.1 Å². The number of esters is 1. The summed E-state index contributed by atoms with van der Waals surface area (Å²) < 4.78 is 7.16. The summed E-state index contributed by atoms with van der Waals surface area (Å²) in [5.74, 6) is 0.309. The number of thiophene rings is 2. The fraction of sp³-hybridized carbons (Fsp3) is 0.217. The Morgan fingerprint density at radius 2 is 1.94 bits per heavy atom. The molecule has 4 aromatic rings. The van der Waals surface area contributed by atoms with E-state index in [0.717, 1.165) is 17.0 Å². The van der Waals surface area contributed by atoms with E-state index >= 15 is 0 Å². The van der Waals surface area contributed by atoms with Crippen LogP contribution in [0.3, 0.4) is 0 Å². The predicted molar refractivity (Wildman–Crippen MR) is 133 cm³/mol. The van der Waals surface area contributed by atoms with Crippen molar-refractivity contribution in [1.82, 2.24) is 14.8 Å². The van der Waals surface area contributed by atoms with Gasteiger partial charge in [-0.3, -0.25) is 4.79 Å². The second-order valence-corrected chi connectivity index (χ2v) is 9.85. The summed E-state index contributed by atoms with van der Waals surface area (Å²) in [5, 5.41) is 16.4. The first-order chi connectivity index (χ1) is 16.1. The van der Waals surface area contributed by atoms with Gasteiger partial charge in [-0.05, 0) is 23.9 Å². The zero-order valence-corrected chi connectivity index (χ0v) is 20.6. The van der Waals surface area contributed by atoms with Gasteiger partial charge in [0.05, 0.1) is 12.4 Å². The van der Waals surface area contributed by atoms with Crippen molar-refractivity contribution in [2.75, 3.05) is 17.7 Å². The van der Waals surface area contributed by atoms with Crippen molar-refractivity contribution >= 4 is 51.3 Å². The van der Waals surface area contributed by atoms with Gasteiger partial charge >= 0.3 is 5.97 Å². The van der Waals surface area contributed by atoms with Crippen molar-refractivity contribution in [3.05, 3.63) is 69.5 Å². The highest BCUT2D eigenvalue weighted by Crippen LogP contribution is 2.36. The zero-order chi connectivity index (χ0) is 23.2. The fourth-order valence-corrected chi connectivity index (χ4v) is 5.58. The molecular weight excluding hydrogens is 476 g/mol. The molecule has 0 saturated heterocycles. The van der Waals surface area contributed by atoms with E-state index in [-0.39, 0.29) is 18.3 Å². The summed E-state index contributed by atoms with van der Waals surface area (Å²) in [6, 6.07) is 13.6. The first-order valence-corrected chi connectivity index (χ1v) is 13.0. The minimum absolute atomic E-state index is 0.145. The van der Waals surface area contributed by atoms with Crippen molar-refractivity contribution in [1.29, 1.82) is 0 Å². The van der Waals surface area contributed by atoms with Crippen LogP contribution in [0, 0.1) is 0 Å². The molecule has 33 heavy (non-hydrogen) atoms. The monoisotopic (exact) mass is 498 g/mol. The Balaban J connectivity index is 1.45. The Bertz CT molecular complexity index is 1230. The molecule has 3 heterocycles. The van der Waals surface area contributed by atoms with Gasteiger partial charge in [-0.25, -0.2) is 4.79 Å². The number of carbonyl (C=O) groups is 2. The smallest absolute Gasteiger partial charge is 0.341 e. The number of aromatic nitrogens is 3. The number of nitrogens with zero attached hydrogens (tertiary/aromatic N) is 3. The number of ether oxygens (including phenoxy) is 1. The summed E-state index contributed by atoms with van der Waals surface area (Å²) >= 11 is 4.29. The van der Waals surface area contributed by atoms with Gasteiger partial charge in [0.15, 0.2) is 5.16 Å². The minimum Gasteiger partial charge on any atom is -0.462 e. The Morgan fingerprint density at radius 3 is 2.67 bits per heavy atom. The largest absolute Gasteiger partial charge is 0.462 e. The molecule has 4 rings (SSSR count). The molecule has 0 aliphatic heterocycles. The number of amides is 1. The van der Waals surface area contributed by atoms with Crippen LogP contribution in [-0.4, -0.2) is 39.0 Å². The van der Waals surface area contributed by atoms with E-state index in [1.54, 1.807) is 18.3 Å². The van der Waals surface area contributed by atoms with E-state index in [4.69, 9.17) is 4.74 Å². The van der Waals surface area contributed by atoms with Crippen LogP contribution in [0.2, 0.25) is 0 Å². The number of anilines is 1. The molecule has 0 aliphatic carbocycles. The molecule has 0 bridgehead atoms. The summed E-state index contributed by atoms with van der Waals surface area (Å²) in [6.07, 6.45) is 0.703. The third kappa shape index (κ3) is 5.52. The molecule has 0 aliphatic rings. The lowest BCUT2D eigenvalue weighted by molar-refractivity contribution is -0.113. The van der Waals surface area contributed by atoms with Gasteiger partial charge in [-0.1, -0.05) is 48.2 Å². The van der Waals surface area contributed by atoms with E-state index < -0.39 is 5.97 Å². The number of nitrogens with one attached hydrogen (secondary N) is 1. The molecular formula is C23H22N4O3S3. The lowest BCUT2D eigenvalue weighted by Crippen LogP contribution is -2.16. The fourth-order valence-electron chi connectivity index (χ4n) is 3.17. The van der Waals surface area contributed by atoms with Crippen molar-refractivity contribution in [2.45, 2.75) is 18.5 Å². The van der Waals surface area contributed by atoms with E-state index in [9.17, 15) is 9.59 Å². The van der Waals surface area contributed by atoms with Gasteiger partial charge in [-0.2, -0.15) is 0 Å². The first kappa shape index (κ1) is 23.2. The summed E-state index contributed by atoms with van der Waals surface area (Å²) in [6.45, 7) is 2.01. The lowest BCUT2D eigenvalue weighted by atomic mass is 10.0. The van der Waals surface area contributed by atoms with E-state index in [2.05, 4.69) is 21.6 Å². The average molecular weight is 499 g/mol. The van der Waals surface area contributed by atoms with Gasteiger partial charge in [0.25, 0.3) is 0 Å². The quantitative estimate of drug-likeness (QED) is 0.255. The van der Waals surface area contributed by atoms with E-state index in [1.165, 1.54) is 28.0 Å². The van der Waals surface area contributed by atoms with Crippen LogP contribution < -0.4 is 5.32 Å². The predicted octanol–water partition coefficient (Wildman–Crippen LogP) is 5.10. The SMILES string of the molecule is CCOC(=O)c1c(-c2ccccc2)csc1NC(=O)CSc1nnc(Cc2cccs2)n1C. The number of hydrogen-bond donors (Lipinski definition) is 1. The molecule has 0 unspecified atom stereocenters. The maximum absolute atomic E-state index is 12.7. The van der Waals surface area contributed by atoms with Crippen LogP contribution in [0.5, 0.6) is 0 Å². The van der Waals surface area contributed by atoms with Crippen LogP contribution in [0.1, 0.15) is 28.0 Å². The summed E-state index contributed by atoms with van der Waals surface area (Å²) in [5.41, 5.74) is 2.01. The number of hydrogen-bond acceptors (Lipinski definition) is 8. The standard InChI is InChI=1S/C23H22N4O3S3/c1-3-30-22(29)20-17(15-8-5-4-6-9-15)13-32-21(20)24-19(28)14-33-23-26-25-18(27(23)2)12-16-10-7-11-31-16/h4-11,13H,3,12,14H2,1-2H3,(H,24,28). The highest BCUT2D eigenvalue weighted by molar-refractivity contribution is 7.99. The molecule has 0 atom stereocenters. The second-order valence-electron chi connectivity index (χ2n) is 6.99. The maximum atomic E-state index is 12.7. The first-order valence-electron chi connectivity index (χ1n) is 10.2. The summed E-state index contributed by atoms with van der Waals surface area (Å²) in [4.78, 5) is 26.6. The zero-order valence-electron chi connectivity index (χ0n) is 18.1. The van der Waals surface area contributed by atoms with Gasteiger partial charge < -0.3 is 14.6 Å². The Hall–Kier alpha value is -2.95. The summed E-state index contributed by atoms with van der Waals surface area (Å²) in [7, 11) is 1.90. The van der Waals surface area contributed by atoms with Crippen LogP contribution in [0.15, 0.2) is 58.4 Å². The Kier molecular flexibility index (Phi) is 7.58. The molecule has 3 aromatic heterocycles. The molecule has 0 radical (unpaired) electrons. The van der Waals surface area contributed by atoms with Gasteiger partial charge in [-0.15, -0.1) is 32.9 Å². The van der Waals surface area contributed by atoms with Crippen LogP contribution in [0.4, 0.5) is 5.00 Å². The molecule has 0 fully saturated rings. The van der Waals surface area contributed by atoms with Crippen LogP contribution >= 0.6 is 34.4 Å². The number of rotatable bonds is 9. The third-order valence-electron chi connectivity index (χ3n) is 4.78. The van der Waals surface area contributed by atoms with E-state index in [1.807, 2.05) is 58.8 Å². The second kappa shape index (κ2) is 10.8. The van der Waals surface area contributed by atoms with Crippen molar-refractivity contribution < 1.29 is 14.3 Å². The molecule has 170 valence electrons. The minimum atomic E-state index is -0.452. The molecule has 10 heteroatoms. The maximum Gasteiger partial charge on any atom is 0.341 e. The molecule has 7 nitrogen and oxygen atoms in total. The van der Waals surface area contributed by atoms with Crippen LogP contribution in [0.25, 0.3) is 11.1 Å². The van der Waals surface area contributed by atoms with Crippen molar-refractivity contribution in [3.63, 3.8) is 0 Å². The van der Waals surface area contributed by atoms with Crippen LogP contribution in [-0.2, 0) is 23.0 Å². The highest BCUT2D eigenvalue weighted by atomic mass is 32.2. The van der Waals surface area contributed by atoms with Crippen molar-refractivity contribution in [3.8, 4) is 11.1 Å². The molecule has 1 amide bonds. The number of benzene rings is 1.